The second-order valence-corrected chi connectivity index (χ2v) is 7.22. The molecule has 6 nitrogen and oxygen atoms in total. The normalized spacial score (nSPS) is 11.0. The SMILES string of the molecule is COC(=O)C(C)(C)c1cccc(C(=O)CCC(=O)ONCCc2ccccc2)c1. The van der Waals surface area contributed by atoms with Gasteiger partial charge in [0, 0.05) is 18.5 Å². The van der Waals surface area contributed by atoms with Crippen LogP contribution < -0.4 is 5.48 Å². The topological polar surface area (TPSA) is 81.7 Å². The first-order valence-electron chi connectivity index (χ1n) is 9.53. The number of hydroxylamine groups is 1. The van der Waals surface area contributed by atoms with Gasteiger partial charge >= 0.3 is 11.9 Å². The molecular weight excluding hydrogens is 370 g/mol. The Kier molecular flexibility index (Phi) is 8.09. The summed E-state index contributed by atoms with van der Waals surface area (Å²) in [4.78, 5) is 41.2. The molecule has 0 aliphatic heterocycles. The first kappa shape index (κ1) is 22.3. The maximum atomic E-state index is 12.4. The number of Topliss-reactive ketones (excluding diaryl/α,β-unsaturated/α-hetero) is 1. The Morgan fingerprint density at radius 1 is 0.966 bits per heavy atom. The molecule has 0 aromatic heterocycles. The molecule has 2 aromatic rings. The average molecular weight is 397 g/mol. The number of nitrogens with one attached hydrogen (secondary N) is 1. The fourth-order valence-electron chi connectivity index (χ4n) is 2.84. The van der Waals surface area contributed by atoms with Crippen LogP contribution in [-0.4, -0.2) is 31.4 Å². The molecule has 0 bridgehead atoms. The van der Waals surface area contributed by atoms with Crippen molar-refractivity contribution >= 4 is 17.7 Å². The number of ketones is 1. The van der Waals surface area contributed by atoms with Crippen LogP contribution >= 0.6 is 0 Å². The van der Waals surface area contributed by atoms with Crippen molar-refractivity contribution in [1.29, 1.82) is 0 Å². The van der Waals surface area contributed by atoms with Crippen LogP contribution in [0.15, 0.2) is 54.6 Å². The molecule has 1 N–H and O–H groups in total. The molecular formula is C23H27NO5. The number of esters is 1. The number of ether oxygens (including phenoxy) is 1. The van der Waals surface area contributed by atoms with Crippen molar-refractivity contribution in [1.82, 2.24) is 5.48 Å². The number of rotatable bonds is 10. The highest BCUT2D eigenvalue weighted by atomic mass is 16.7. The van der Waals surface area contributed by atoms with Crippen molar-refractivity contribution in [3.63, 3.8) is 0 Å². The zero-order valence-electron chi connectivity index (χ0n) is 17.1. The lowest BCUT2D eigenvalue weighted by atomic mass is 9.83. The van der Waals surface area contributed by atoms with Gasteiger partial charge in [0.2, 0.25) is 0 Å². The van der Waals surface area contributed by atoms with E-state index in [2.05, 4.69) is 5.48 Å². The highest BCUT2D eigenvalue weighted by Gasteiger charge is 2.31. The Labute approximate surface area is 171 Å². The Hall–Kier alpha value is -2.99. The van der Waals surface area contributed by atoms with Crippen molar-refractivity contribution in [2.75, 3.05) is 13.7 Å². The number of benzene rings is 2. The summed E-state index contributed by atoms with van der Waals surface area (Å²) in [5.41, 5.74) is 4.03. The van der Waals surface area contributed by atoms with Crippen molar-refractivity contribution in [2.45, 2.75) is 38.5 Å². The van der Waals surface area contributed by atoms with Gasteiger partial charge < -0.3 is 9.57 Å². The third-order valence-corrected chi connectivity index (χ3v) is 4.70. The number of hydrogen-bond acceptors (Lipinski definition) is 6. The van der Waals surface area contributed by atoms with E-state index in [0.717, 1.165) is 12.0 Å². The van der Waals surface area contributed by atoms with Gasteiger partial charge in [-0.25, -0.2) is 0 Å². The third kappa shape index (κ3) is 6.54. The molecule has 0 aliphatic carbocycles. The summed E-state index contributed by atoms with van der Waals surface area (Å²) in [6.45, 7) is 3.97. The van der Waals surface area contributed by atoms with E-state index in [1.807, 2.05) is 30.3 Å². The van der Waals surface area contributed by atoms with Gasteiger partial charge in [-0.1, -0.05) is 48.5 Å². The maximum absolute atomic E-state index is 12.4. The minimum absolute atomic E-state index is 0.0260. The number of methoxy groups -OCH3 is 1. The van der Waals surface area contributed by atoms with E-state index in [9.17, 15) is 14.4 Å². The maximum Gasteiger partial charge on any atom is 0.325 e. The van der Waals surface area contributed by atoms with E-state index >= 15 is 0 Å². The quantitative estimate of drug-likeness (QED) is 0.286. The van der Waals surface area contributed by atoms with Gasteiger partial charge in [-0.15, -0.1) is 0 Å². The molecule has 2 aromatic carbocycles. The molecule has 6 heteroatoms. The Morgan fingerprint density at radius 2 is 1.69 bits per heavy atom. The molecule has 0 aliphatic rings. The fourth-order valence-corrected chi connectivity index (χ4v) is 2.84. The molecule has 29 heavy (non-hydrogen) atoms. The number of carbonyl (C=O) groups excluding carboxylic acids is 3. The van der Waals surface area contributed by atoms with Crippen LogP contribution in [0.2, 0.25) is 0 Å². The monoisotopic (exact) mass is 397 g/mol. The van der Waals surface area contributed by atoms with Gasteiger partial charge in [0.05, 0.1) is 18.9 Å². The highest BCUT2D eigenvalue weighted by molar-refractivity contribution is 5.98. The lowest BCUT2D eigenvalue weighted by molar-refractivity contribution is -0.151. The molecule has 0 atom stereocenters. The van der Waals surface area contributed by atoms with Crippen LogP contribution in [0.3, 0.4) is 0 Å². The van der Waals surface area contributed by atoms with Crippen LogP contribution in [0.5, 0.6) is 0 Å². The molecule has 0 saturated heterocycles. The van der Waals surface area contributed by atoms with Crippen molar-refractivity contribution in [3.05, 3.63) is 71.3 Å². The third-order valence-electron chi connectivity index (χ3n) is 4.70. The summed E-state index contributed by atoms with van der Waals surface area (Å²) in [5.74, 6) is -1.06. The summed E-state index contributed by atoms with van der Waals surface area (Å²) in [7, 11) is 1.33. The van der Waals surface area contributed by atoms with Crippen LogP contribution in [0.25, 0.3) is 0 Å². The fraction of sp³-hybridized carbons (Fsp3) is 0.348. The highest BCUT2D eigenvalue weighted by Crippen LogP contribution is 2.25. The summed E-state index contributed by atoms with van der Waals surface area (Å²) in [5, 5.41) is 0. The molecule has 0 saturated carbocycles. The van der Waals surface area contributed by atoms with Crippen LogP contribution in [0.1, 0.15) is 48.2 Å². The Balaban J connectivity index is 1.80. The molecule has 154 valence electrons. The van der Waals surface area contributed by atoms with Gasteiger partial charge in [-0.05, 0) is 37.5 Å². The summed E-state index contributed by atoms with van der Waals surface area (Å²) < 4.78 is 4.83. The zero-order chi connectivity index (χ0) is 21.3. The zero-order valence-corrected chi connectivity index (χ0v) is 17.1. The van der Waals surface area contributed by atoms with Crippen molar-refractivity contribution in [3.8, 4) is 0 Å². The Morgan fingerprint density at radius 3 is 2.38 bits per heavy atom. The lowest BCUT2D eigenvalue weighted by Crippen LogP contribution is -2.30. The molecule has 0 unspecified atom stereocenters. The average Bonchev–Trinajstić information content (AvgIpc) is 2.75. The second kappa shape index (κ2) is 10.5. The summed E-state index contributed by atoms with van der Waals surface area (Å²) >= 11 is 0. The van der Waals surface area contributed by atoms with Crippen LogP contribution in [0.4, 0.5) is 0 Å². The van der Waals surface area contributed by atoms with Gasteiger partial charge in [0.1, 0.15) is 0 Å². The largest absolute Gasteiger partial charge is 0.468 e. The summed E-state index contributed by atoms with van der Waals surface area (Å²) in [6.07, 6.45) is 0.735. The van der Waals surface area contributed by atoms with Gasteiger partial charge in [-0.2, -0.15) is 5.48 Å². The molecule has 0 heterocycles. The standard InChI is InChI=1S/C23H27NO5/c1-23(2,22(27)28-3)19-11-7-10-18(16-19)20(25)12-13-21(26)29-24-15-14-17-8-5-4-6-9-17/h4-11,16,24H,12-15H2,1-3H3. The minimum atomic E-state index is -0.868. The van der Waals surface area contributed by atoms with E-state index in [1.54, 1.807) is 38.1 Å². The molecule has 2 rings (SSSR count). The van der Waals surface area contributed by atoms with Gasteiger partial charge in [0.25, 0.3) is 0 Å². The van der Waals surface area contributed by atoms with E-state index in [1.165, 1.54) is 7.11 Å². The van der Waals surface area contributed by atoms with Crippen molar-refractivity contribution in [2.24, 2.45) is 0 Å². The second-order valence-electron chi connectivity index (χ2n) is 7.22. The van der Waals surface area contributed by atoms with Gasteiger partial charge in [-0.3, -0.25) is 14.4 Å². The Bertz CT molecular complexity index is 845. The predicted octanol–water partition coefficient (Wildman–Crippen LogP) is 3.39. The lowest BCUT2D eigenvalue weighted by Gasteiger charge is -2.22. The number of hydrogen-bond donors (Lipinski definition) is 1. The van der Waals surface area contributed by atoms with Gasteiger partial charge in [0.15, 0.2) is 5.78 Å². The molecule has 0 spiro atoms. The minimum Gasteiger partial charge on any atom is -0.468 e. The molecule has 0 fully saturated rings. The molecule has 0 amide bonds. The van der Waals surface area contributed by atoms with E-state index in [4.69, 9.17) is 9.57 Å². The first-order chi connectivity index (χ1) is 13.8. The number of carbonyl (C=O) groups is 3. The molecule has 0 radical (unpaired) electrons. The predicted molar refractivity (Wildman–Crippen MR) is 109 cm³/mol. The summed E-state index contributed by atoms with van der Waals surface area (Å²) in [6, 6.07) is 16.7. The first-order valence-corrected chi connectivity index (χ1v) is 9.53. The van der Waals surface area contributed by atoms with E-state index in [-0.39, 0.29) is 24.6 Å². The van der Waals surface area contributed by atoms with Crippen LogP contribution in [0, 0.1) is 0 Å². The van der Waals surface area contributed by atoms with Crippen molar-refractivity contribution < 1.29 is 24.0 Å². The van der Waals surface area contributed by atoms with E-state index < -0.39 is 11.4 Å². The van der Waals surface area contributed by atoms with Crippen LogP contribution in [-0.2, 0) is 31.0 Å². The smallest absolute Gasteiger partial charge is 0.325 e. The van der Waals surface area contributed by atoms with E-state index in [0.29, 0.717) is 17.7 Å².